The predicted octanol–water partition coefficient (Wildman–Crippen LogP) is 3.67. The summed E-state index contributed by atoms with van der Waals surface area (Å²) in [5, 5.41) is 0. The third-order valence-corrected chi connectivity index (χ3v) is 3.27. The van der Waals surface area contributed by atoms with Crippen LogP contribution in [-0.2, 0) is 4.79 Å². The van der Waals surface area contributed by atoms with Crippen LogP contribution in [0.15, 0.2) is 24.3 Å². The van der Waals surface area contributed by atoms with Crippen LogP contribution >= 0.6 is 9.24 Å². The number of carbonyl (C=O) groups is 1. The summed E-state index contributed by atoms with van der Waals surface area (Å²) in [5.74, 6) is 1.75. The van der Waals surface area contributed by atoms with Crippen LogP contribution < -0.4 is 9.47 Å². The molecule has 0 aliphatic heterocycles. The van der Waals surface area contributed by atoms with E-state index in [1.165, 1.54) is 25.9 Å². The van der Waals surface area contributed by atoms with Crippen LogP contribution in [0.1, 0.15) is 33.1 Å². The summed E-state index contributed by atoms with van der Waals surface area (Å²) in [6, 6.07) is 7.14. The van der Waals surface area contributed by atoms with Crippen LogP contribution in [0.3, 0.4) is 0 Å². The highest BCUT2D eigenvalue weighted by molar-refractivity contribution is 7.16. The van der Waals surface area contributed by atoms with E-state index >= 15 is 0 Å². The highest BCUT2D eigenvalue weighted by atomic mass is 31.0. The van der Waals surface area contributed by atoms with Gasteiger partial charge in [0.1, 0.15) is 11.5 Å². The fraction of sp³-hybridized carbons (Fsp3) is 0.533. The molecule has 2 unspecified atom stereocenters. The molecule has 0 saturated carbocycles. The summed E-state index contributed by atoms with van der Waals surface area (Å²) in [6.45, 7) is 4.37. The molecule has 0 saturated heterocycles. The molecule has 0 heterocycles. The Morgan fingerprint density at radius 1 is 1.21 bits per heavy atom. The van der Waals surface area contributed by atoms with Crippen LogP contribution in [0.2, 0.25) is 0 Å². The third kappa shape index (κ3) is 7.17. The van der Waals surface area contributed by atoms with E-state index in [-0.39, 0.29) is 5.97 Å². The maximum atomic E-state index is 10.8. The molecular weight excluding hydrogens is 259 g/mol. The fourth-order valence-corrected chi connectivity index (χ4v) is 1.99. The summed E-state index contributed by atoms with van der Waals surface area (Å²) in [7, 11) is 2.76. The maximum Gasteiger partial charge on any atom is 0.308 e. The monoisotopic (exact) mass is 282 g/mol. The van der Waals surface area contributed by atoms with Crippen molar-refractivity contribution in [2.75, 3.05) is 12.8 Å². The zero-order valence-corrected chi connectivity index (χ0v) is 12.9. The number of benzene rings is 1. The topological polar surface area (TPSA) is 35.5 Å². The average molecular weight is 282 g/mol. The summed E-state index contributed by atoms with van der Waals surface area (Å²) >= 11 is 0. The van der Waals surface area contributed by atoms with Crippen molar-refractivity contribution < 1.29 is 14.3 Å². The van der Waals surface area contributed by atoms with Gasteiger partial charge in [0.15, 0.2) is 0 Å². The standard InChI is InChI=1S/C15H23O3P/c1-12(4-3-11-19)9-10-17-14-5-7-15(8-6-14)18-13(2)16/h5-8,12H,3-4,9-11,19H2,1-2H3. The van der Waals surface area contributed by atoms with E-state index in [4.69, 9.17) is 9.47 Å². The van der Waals surface area contributed by atoms with Crippen molar-refractivity contribution >= 4 is 15.2 Å². The van der Waals surface area contributed by atoms with Crippen LogP contribution in [-0.4, -0.2) is 18.7 Å². The van der Waals surface area contributed by atoms with E-state index in [9.17, 15) is 4.79 Å². The molecule has 0 spiro atoms. The van der Waals surface area contributed by atoms with E-state index in [0.29, 0.717) is 11.7 Å². The first-order chi connectivity index (χ1) is 9.11. The molecule has 0 N–H and O–H groups in total. The molecule has 0 aliphatic carbocycles. The summed E-state index contributed by atoms with van der Waals surface area (Å²) < 4.78 is 10.6. The smallest absolute Gasteiger partial charge is 0.308 e. The highest BCUT2D eigenvalue weighted by Crippen LogP contribution is 2.19. The Morgan fingerprint density at radius 3 is 2.42 bits per heavy atom. The van der Waals surface area contributed by atoms with Gasteiger partial charge in [-0.1, -0.05) is 13.3 Å². The van der Waals surface area contributed by atoms with E-state index in [1.54, 1.807) is 12.1 Å². The zero-order valence-electron chi connectivity index (χ0n) is 11.7. The Labute approximate surface area is 117 Å². The van der Waals surface area contributed by atoms with Crippen LogP contribution in [0, 0.1) is 5.92 Å². The molecule has 0 aromatic heterocycles. The molecule has 0 fully saturated rings. The van der Waals surface area contributed by atoms with Gasteiger partial charge in [0.05, 0.1) is 6.61 Å². The molecule has 0 aliphatic rings. The zero-order chi connectivity index (χ0) is 14.1. The van der Waals surface area contributed by atoms with Crippen molar-refractivity contribution in [1.82, 2.24) is 0 Å². The number of hydrogen-bond acceptors (Lipinski definition) is 3. The lowest BCUT2D eigenvalue weighted by Crippen LogP contribution is -2.05. The molecule has 0 radical (unpaired) electrons. The van der Waals surface area contributed by atoms with Crippen LogP contribution in [0.4, 0.5) is 0 Å². The fourth-order valence-electron chi connectivity index (χ4n) is 1.76. The van der Waals surface area contributed by atoms with Gasteiger partial charge in [-0.3, -0.25) is 4.79 Å². The molecule has 106 valence electrons. The van der Waals surface area contributed by atoms with Gasteiger partial charge in [0.2, 0.25) is 0 Å². The second-order valence-corrected chi connectivity index (χ2v) is 5.32. The molecule has 1 rings (SSSR count). The van der Waals surface area contributed by atoms with Gasteiger partial charge in [-0.2, -0.15) is 0 Å². The average Bonchev–Trinajstić information content (AvgIpc) is 2.38. The first kappa shape index (κ1) is 16.0. The van der Waals surface area contributed by atoms with Gasteiger partial charge in [-0.15, -0.1) is 9.24 Å². The first-order valence-electron chi connectivity index (χ1n) is 6.73. The van der Waals surface area contributed by atoms with Gasteiger partial charge in [0, 0.05) is 6.92 Å². The normalized spacial score (nSPS) is 11.9. The number of rotatable bonds is 8. The van der Waals surface area contributed by atoms with Crippen LogP contribution in [0.5, 0.6) is 11.5 Å². The van der Waals surface area contributed by atoms with Gasteiger partial charge >= 0.3 is 5.97 Å². The van der Waals surface area contributed by atoms with E-state index < -0.39 is 0 Å². The second kappa shape index (κ2) is 8.92. The Morgan fingerprint density at radius 2 is 1.84 bits per heavy atom. The van der Waals surface area contributed by atoms with E-state index in [0.717, 1.165) is 18.8 Å². The van der Waals surface area contributed by atoms with Crippen molar-refractivity contribution in [1.29, 1.82) is 0 Å². The van der Waals surface area contributed by atoms with Gasteiger partial charge in [0.25, 0.3) is 0 Å². The maximum absolute atomic E-state index is 10.8. The summed E-state index contributed by atoms with van der Waals surface area (Å²) in [6.07, 6.45) is 4.74. The quantitative estimate of drug-likeness (QED) is 0.414. The van der Waals surface area contributed by atoms with Crippen molar-refractivity contribution in [3.63, 3.8) is 0 Å². The number of esters is 1. The van der Waals surface area contributed by atoms with E-state index in [2.05, 4.69) is 16.2 Å². The van der Waals surface area contributed by atoms with E-state index in [1.807, 2.05) is 12.1 Å². The Bertz CT molecular complexity index is 375. The molecule has 0 bridgehead atoms. The second-order valence-electron chi connectivity index (χ2n) is 4.74. The van der Waals surface area contributed by atoms with Crippen molar-refractivity contribution in [2.45, 2.75) is 33.1 Å². The number of carbonyl (C=O) groups excluding carboxylic acids is 1. The Balaban J connectivity index is 2.27. The highest BCUT2D eigenvalue weighted by Gasteiger charge is 2.03. The SMILES string of the molecule is CC(=O)Oc1ccc(OCCC(C)CCCP)cc1. The minimum Gasteiger partial charge on any atom is -0.494 e. The third-order valence-electron chi connectivity index (χ3n) is 2.87. The minimum absolute atomic E-state index is 0.309. The van der Waals surface area contributed by atoms with Crippen LogP contribution in [0.25, 0.3) is 0 Å². The molecular formula is C15H23O3P. The predicted molar refractivity (Wildman–Crippen MR) is 80.8 cm³/mol. The Hall–Kier alpha value is -1.08. The number of hydrogen-bond donors (Lipinski definition) is 0. The summed E-state index contributed by atoms with van der Waals surface area (Å²) in [5.41, 5.74) is 0. The van der Waals surface area contributed by atoms with Gasteiger partial charge < -0.3 is 9.47 Å². The molecule has 1 aromatic rings. The lowest BCUT2D eigenvalue weighted by Gasteiger charge is -2.12. The lowest BCUT2D eigenvalue weighted by molar-refractivity contribution is -0.131. The molecule has 19 heavy (non-hydrogen) atoms. The Kier molecular flexibility index (Phi) is 7.50. The lowest BCUT2D eigenvalue weighted by atomic mass is 10.0. The largest absolute Gasteiger partial charge is 0.494 e. The minimum atomic E-state index is -0.309. The molecule has 2 atom stereocenters. The van der Waals surface area contributed by atoms with Crippen molar-refractivity contribution in [3.8, 4) is 11.5 Å². The summed E-state index contributed by atoms with van der Waals surface area (Å²) in [4.78, 5) is 10.8. The number of ether oxygens (including phenoxy) is 2. The van der Waals surface area contributed by atoms with Gasteiger partial charge in [-0.25, -0.2) is 0 Å². The van der Waals surface area contributed by atoms with Gasteiger partial charge in [-0.05, 0) is 49.2 Å². The van der Waals surface area contributed by atoms with Crippen molar-refractivity contribution in [2.24, 2.45) is 5.92 Å². The molecule has 4 heteroatoms. The van der Waals surface area contributed by atoms with Crippen molar-refractivity contribution in [3.05, 3.63) is 24.3 Å². The molecule has 0 amide bonds. The first-order valence-corrected chi connectivity index (χ1v) is 7.55. The molecule has 3 nitrogen and oxygen atoms in total. The molecule has 1 aromatic carbocycles.